The third-order valence-corrected chi connectivity index (χ3v) is 7.09. The fourth-order valence-corrected chi connectivity index (χ4v) is 4.15. The number of alkyl halides is 2. The molecule has 5 rings (SSSR count). The predicted molar refractivity (Wildman–Crippen MR) is 156 cm³/mol. The molecule has 0 fully saturated rings. The second kappa shape index (κ2) is 12.8. The molecule has 0 aliphatic carbocycles. The van der Waals surface area contributed by atoms with Gasteiger partial charge in [0, 0.05) is 29.0 Å². The summed E-state index contributed by atoms with van der Waals surface area (Å²) < 4.78 is 33.3. The number of nitriles is 1. The lowest BCUT2D eigenvalue weighted by Gasteiger charge is -2.28. The van der Waals surface area contributed by atoms with Gasteiger partial charge in [-0.2, -0.15) is 19.1 Å². The maximum absolute atomic E-state index is 14.9. The Balaban J connectivity index is 0.000000714. The molecule has 0 saturated heterocycles. The number of fused-ring (bicyclic) bond motifs is 1. The van der Waals surface area contributed by atoms with Crippen molar-refractivity contribution in [3.05, 3.63) is 113 Å². The summed E-state index contributed by atoms with van der Waals surface area (Å²) >= 11 is 1.71. The van der Waals surface area contributed by atoms with Gasteiger partial charge in [0.2, 0.25) is 0 Å². The van der Waals surface area contributed by atoms with Crippen LogP contribution in [0.3, 0.4) is 0 Å². The number of hydrogen-bond donors (Lipinski definition) is 1. The molecule has 0 bridgehead atoms. The molecule has 8 nitrogen and oxygen atoms in total. The van der Waals surface area contributed by atoms with Crippen molar-refractivity contribution in [3.63, 3.8) is 0 Å². The molecule has 3 aromatic carbocycles. The molecule has 4 aromatic rings. The van der Waals surface area contributed by atoms with E-state index in [-0.39, 0.29) is 28.9 Å². The first kappa shape index (κ1) is 29.5. The highest BCUT2D eigenvalue weighted by Gasteiger charge is 2.35. The van der Waals surface area contributed by atoms with Crippen LogP contribution in [-0.4, -0.2) is 52.8 Å². The van der Waals surface area contributed by atoms with Crippen molar-refractivity contribution in [1.82, 2.24) is 14.1 Å². The van der Waals surface area contributed by atoms with Crippen LogP contribution < -0.4 is 10.2 Å². The highest BCUT2D eigenvalue weighted by atomic mass is 32.2. The lowest BCUT2D eigenvalue weighted by atomic mass is 10.00. The Bertz CT molecular complexity index is 1570. The molecule has 0 saturated carbocycles. The number of anilines is 2. The first-order valence-corrected chi connectivity index (χ1v) is 13.8. The van der Waals surface area contributed by atoms with E-state index in [1.165, 1.54) is 58.2 Å². The van der Waals surface area contributed by atoms with Gasteiger partial charge in [0.1, 0.15) is 5.69 Å². The Labute approximate surface area is 241 Å². The summed E-state index contributed by atoms with van der Waals surface area (Å²) in [5.74, 6) is -4.19. The third kappa shape index (κ3) is 6.62. The molecule has 41 heavy (non-hydrogen) atoms. The summed E-state index contributed by atoms with van der Waals surface area (Å²) in [6.45, 7) is 0.605. The molecule has 1 N–H and O–H groups in total. The maximum atomic E-state index is 14.9. The Morgan fingerprint density at radius 3 is 2.32 bits per heavy atom. The average Bonchev–Trinajstić information content (AvgIpc) is 3.44. The number of carbonyl (C=O) groups is 2. The van der Waals surface area contributed by atoms with Crippen LogP contribution in [0.5, 0.6) is 0 Å². The number of benzene rings is 3. The van der Waals surface area contributed by atoms with E-state index < -0.39 is 17.7 Å². The summed E-state index contributed by atoms with van der Waals surface area (Å²) in [6.07, 6.45) is 3.36. The molecule has 1 aliphatic rings. The van der Waals surface area contributed by atoms with Crippen molar-refractivity contribution in [1.29, 1.82) is 5.26 Å². The number of carbonyl (C=O) groups excluding carboxylic acids is 2. The van der Waals surface area contributed by atoms with Crippen molar-refractivity contribution in [2.45, 2.75) is 12.5 Å². The average molecular weight is 575 g/mol. The zero-order chi connectivity index (χ0) is 29.6. The number of nitrogens with one attached hydrogen (secondary N) is 1. The molecule has 0 spiro atoms. The van der Waals surface area contributed by atoms with Crippen molar-refractivity contribution in [3.8, 4) is 6.07 Å². The molecule has 2 amide bonds. The SMILES string of the molecule is CSN(C)C.N#Cc1cccc(NC(=O)c2cnn3c2C(=O)N(c2ccc(C(F)(F)c4ccccc4)cc2)CC3)c1. The fourth-order valence-electron chi connectivity index (χ4n) is 4.15. The Kier molecular flexibility index (Phi) is 9.17. The van der Waals surface area contributed by atoms with Gasteiger partial charge in [-0.1, -0.05) is 60.5 Å². The molecule has 1 aromatic heterocycles. The lowest BCUT2D eigenvalue weighted by molar-refractivity contribution is 0.0428. The van der Waals surface area contributed by atoms with Crippen LogP contribution in [-0.2, 0) is 12.5 Å². The van der Waals surface area contributed by atoms with Crippen LogP contribution in [0.1, 0.15) is 37.5 Å². The Morgan fingerprint density at radius 1 is 1.02 bits per heavy atom. The van der Waals surface area contributed by atoms with Crippen LogP contribution in [0, 0.1) is 11.3 Å². The van der Waals surface area contributed by atoms with E-state index in [1.54, 1.807) is 48.3 Å². The zero-order valence-corrected chi connectivity index (χ0v) is 23.5. The minimum absolute atomic E-state index is 0.0827. The first-order chi connectivity index (χ1) is 19.6. The van der Waals surface area contributed by atoms with Gasteiger partial charge in [0.15, 0.2) is 0 Å². The zero-order valence-electron chi connectivity index (χ0n) is 22.7. The topological polar surface area (TPSA) is 94.3 Å². The third-order valence-electron chi connectivity index (χ3n) is 6.36. The number of halogens is 2. The number of amides is 2. The van der Waals surface area contributed by atoms with Gasteiger partial charge in [-0.25, -0.2) is 0 Å². The summed E-state index contributed by atoms with van der Waals surface area (Å²) in [4.78, 5) is 27.7. The van der Waals surface area contributed by atoms with Crippen molar-refractivity contribution in [2.24, 2.45) is 0 Å². The monoisotopic (exact) mass is 574 g/mol. The van der Waals surface area contributed by atoms with Gasteiger partial charge in [-0.15, -0.1) is 0 Å². The fraction of sp³-hybridized carbons (Fsp3) is 0.200. The number of hydrogen-bond acceptors (Lipinski definition) is 6. The van der Waals surface area contributed by atoms with Gasteiger partial charge < -0.3 is 10.2 Å². The first-order valence-electron chi connectivity index (χ1n) is 12.6. The van der Waals surface area contributed by atoms with E-state index in [2.05, 4.69) is 10.4 Å². The molecule has 2 heterocycles. The molecule has 11 heteroatoms. The Hall–Kier alpha value is -4.53. The summed E-state index contributed by atoms with van der Waals surface area (Å²) in [6, 6.07) is 21.5. The van der Waals surface area contributed by atoms with E-state index in [4.69, 9.17) is 5.26 Å². The number of nitrogens with zero attached hydrogens (tertiary/aromatic N) is 5. The smallest absolute Gasteiger partial charge is 0.298 e. The van der Waals surface area contributed by atoms with E-state index in [9.17, 15) is 18.4 Å². The second-order valence-corrected chi connectivity index (χ2v) is 10.3. The lowest BCUT2D eigenvalue weighted by Crippen LogP contribution is -2.41. The van der Waals surface area contributed by atoms with Crippen LogP contribution in [0.2, 0.25) is 0 Å². The second-order valence-electron chi connectivity index (χ2n) is 9.22. The van der Waals surface area contributed by atoms with Gasteiger partial charge in [0.05, 0.1) is 29.9 Å². The predicted octanol–water partition coefficient (Wildman–Crippen LogP) is 5.63. The normalized spacial score (nSPS) is 12.7. The highest BCUT2D eigenvalue weighted by Crippen LogP contribution is 2.36. The van der Waals surface area contributed by atoms with Gasteiger partial charge in [-0.3, -0.25) is 18.6 Å². The molecule has 0 atom stereocenters. The van der Waals surface area contributed by atoms with Crippen LogP contribution >= 0.6 is 11.9 Å². The van der Waals surface area contributed by atoms with Gasteiger partial charge in [-0.05, 0) is 50.7 Å². The summed E-state index contributed by atoms with van der Waals surface area (Å²) in [7, 11) is 4.04. The van der Waals surface area contributed by atoms with Crippen molar-refractivity contribution >= 4 is 35.1 Å². The highest BCUT2D eigenvalue weighted by molar-refractivity contribution is 7.96. The molecule has 1 aliphatic heterocycles. The van der Waals surface area contributed by atoms with E-state index in [1.807, 2.05) is 30.7 Å². The number of aromatic nitrogens is 2. The van der Waals surface area contributed by atoms with E-state index in [0.717, 1.165) is 0 Å². The molecule has 0 radical (unpaired) electrons. The largest absolute Gasteiger partial charge is 0.322 e. The minimum Gasteiger partial charge on any atom is -0.322 e. The van der Waals surface area contributed by atoms with Crippen LogP contribution in [0.25, 0.3) is 0 Å². The van der Waals surface area contributed by atoms with Gasteiger partial charge >= 0.3 is 0 Å². The molecule has 0 unspecified atom stereocenters. The standard InChI is InChI=1S/C27H19F2N5O2.C3H9NS/c28-27(29,19-6-2-1-3-7-19)20-9-11-22(12-10-20)33-13-14-34-24(26(33)36)23(17-31-34)25(35)32-21-8-4-5-18(15-21)16-30;1-4(2)5-3/h1-12,15,17H,13-14H2,(H,32,35);1-3H3. The summed E-state index contributed by atoms with van der Waals surface area (Å²) in [5, 5.41) is 15.9. The van der Waals surface area contributed by atoms with Crippen LogP contribution in [0.4, 0.5) is 20.2 Å². The minimum atomic E-state index is -3.18. The molecule has 210 valence electrons. The van der Waals surface area contributed by atoms with E-state index in [0.29, 0.717) is 23.5 Å². The van der Waals surface area contributed by atoms with Gasteiger partial charge in [0.25, 0.3) is 17.7 Å². The van der Waals surface area contributed by atoms with Crippen LogP contribution in [0.15, 0.2) is 85.1 Å². The maximum Gasteiger partial charge on any atom is 0.298 e. The van der Waals surface area contributed by atoms with E-state index >= 15 is 0 Å². The van der Waals surface area contributed by atoms with Crippen molar-refractivity contribution < 1.29 is 18.4 Å². The molecular formula is C30H28F2N6O2S. The quantitative estimate of drug-likeness (QED) is 0.300. The molecular weight excluding hydrogens is 546 g/mol. The Morgan fingerprint density at radius 2 is 1.68 bits per heavy atom. The summed E-state index contributed by atoms with van der Waals surface area (Å²) in [5.41, 5.74) is 1.11. The van der Waals surface area contributed by atoms with Crippen molar-refractivity contribution in [2.75, 3.05) is 37.1 Å². The number of rotatable bonds is 6.